The van der Waals surface area contributed by atoms with E-state index in [1.54, 1.807) is 6.07 Å². The van der Waals surface area contributed by atoms with Gasteiger partial charge in [-0.05, 0) is 39.3 Å². The lowest BCUT2D eigenvalue weighted by Gasteiger charge is -2.28. The van der Waals surface area contributed by atoms with Gasteiger partial charge in [0.05, 0.1) is 6.04 Å². The largest absolute Gasteiger partial charge is 0.360 e. The lowest BCUT2D eigenvalue weighted by atomic mass is 10.1. The number of rotatable bonds is 4. The fourth-order valence-corrected chi connectivity index (χ4v) is 2.65. The lowest BCUT2D eigenvalue weighted by molar-refractivity contribution is -0.121. The molecule has 0 aliphatic carbocycles. The van der Waals surface area contributed by atoms with E-state index in [2.05, 4.69) is 22.3 Å². The molecule has 1 aromatic rings. The molecule has 106 valence electrons. The first-order valence-electron chi connectivity index (χ1n) is 7.19. The van der Waals surface area contributed by atoms with E-state index in [-0.39, 0.29) is 11.9 Å². The lowest BCUT2D eigenvalue weighted by Crippen LogP contribution is -2.44. The second-order valence-electron chi connectivity index (χ2n) is 5.19. The average Bonchev–Trinajstić information content (AvgIpc) is 2.65. The van der Waals surface area contributed by atoms with Gasteiger partial charge in [0.1, 0.15) is 5.76 Å². The topological polar surface area (TPSA) is 58.4 Å². The molecule has 1 aliphatic rings. The molecular weight excluding hydrogens is 242 g/mol. The maximum Gasteiger partial charge on any atom is 0.242 e. The molecule has 1 saturated heterocycles. The van der Waals surface area contributed by atoms with Crippen LogP contribution in [-0.4, -0.2) is 35.1 Å². The molecule has 5 heteroatoms. The van der Waals surface area contributed by atoms with Crippen LogP contribution < -0.4 is 5.32 Å². The number of likely N-dealkylation sites (tertiary alicyclic amines) is 1. The molecule has 5 nitrogen and oxygen atoms in total. The number of carbonyl (C=O) groups is 1. The van der Waals surface area contributed by atoms with Crippen LogP contribution in [0.5, 0.6) is 0 Å². The molecule has 0 saturated carbocycles. The Bertz CT molecular complexity index is 409. The first-order valence-corrected chi connectivity index (χ1v) is 7.19. The Morgan fingerprint density at radius 2 is 2.11 bits per heavy atom. The van der Waals surface area contributed by atoms with Crippen molar-refractivity contribution in [3.8, 4) is 0 Å². The van der Waals surface area contributed by atoms with Crippen molar-refractivity contribution in [2.24, 2.45) is 0 Å². The van der Waals surface area contributed by atoms with Crippen LogP contribution in [0.3, 0.4) is 0 Å². The monoisotopic (exact) mass is 265 g/mol. The highest BCUT2D eigenvalue weighted by Gasteiger charge is 2.25. The average molecular weight is 265 g/mol. The van der Waals surface area contributed by atoms with Crippen LogP contribution in [0.2, 0.25) is 0 Å². The van der Waals surface area contributed by atoms with Crippen LogP contribution in [0, 0.1) is 6.92 Å². The molecule has 0 radical (unpaired) electrons. The van der Waals surface area contributed by atoms with Gasteiger partial charge in [0.2, 0.25) is 5.91 Å². The summed E-state index contributed by atoms with van der Waals surface area (Å²) in [6.45, 7) is 5.91. The van der Waals surface area contributed by atoms with Crippen molar-refractivity contribution >= 4 is 11.7 Å². The number of hydrogen-bond acceptors (Lipinski definition) is 4. The van der Waals surface area contributed by atoms with Gasteiger partial charge >= 0.3 is 0 Å². The second-order valence-corrected chi connectivity index (χ2v) is 5.19. The van der Waals surface area contributed by atoms with Gasteiger partial charge in [-0.3, -0.25) is 9.69 Å². The molecule has 0 aromatic carbocycles. The summed E-state index contributed by atoms with van der Waals surface area (Å²) < 4.78 is 4.97. The van der Waals surface area contributed by atoms with Crippen molar-refractivity contribution in [3.05, 3.63) is 11.8 Å². The summed E-state index contributed by atoms with van der Waals surface area (Å²) in [5.41, 5.74) is 0. The maximum atomic E-state index is 12.3. The maximum absolute atomic E-state index is 12.3. The van der Waals surface area contributed by atoms with Crippen LogP contribution in [-0.2, 0) is 4.79 Å². The number of aromatic nitrogens is 1. The van der Waals surface area contributed by atoms with Crippen LogP contribution in [0.15, 0.2) is 10.6 Å². The first-order chi connectivity index (χ1) is 9.20. The second kappa shape index (κ2) is 6.70. The van der Waals surface area contributed by atoms with Gasteiger partial charge in [-0.2, -0.15) is 0 Å². The van der Waals surface area contributed by atoms with Gasteiger partial charge in [-0.15, -0.1) is 0 Å². The van der Waals surface area contributed by atoms with Crippen molar-refractivity contribution in [1.82, 2.24) is 10.1 Å². The molecule has 1 N–H and O–H groups in total. The fraction of sp³-hybridized carbons (Fsp3) is 0.714. The van der Waals surface area contributed by atoms with Crippen LogP contribution >= 0.6 is 0 Å². The van der Waals surface area contributed by atoms with E-state index < -0.39 is 0 Å². The first kappa shape index (κ1) is 14.1. The highest BCUT2D eigenvalue weighted by Crippen LogP contribution is 2.16. The minimum atomic E-state index is -0.0601. The quantitative estimate of drug-likeness (QED) is 0.909. The molecule has 1 fully saturated rings. The third-order valence-electron chi connectivity index (χ3n) is 3.65. The molecule has 0 spiro atoms. The zero-order valence-electron chi connectivity index (χ0n) is 11.8. The SMILES string of the molecule is CC[C@H](C(=O)Nc1cc(C)on1)N1CCCCCC1. The van der Waals surface area contributed by atoms with Crippen molar-refractivity contribution in [2.45, 2.75) is 52.0 Å². The highest BCUT2D eigenvalue weighted by atomic mass is 16.5. The number of aryl methyl sites for hydroxylation is 1. The summed E-state index contributed by atoms with van der Waals surface area (Å²) in [5.74, 6) is 1.24. The summed E-state index contributed by atoms with van der Waals surface area (Å²) in [6.07, 6.45) is 5.75. The fourth-order valence-electron chi connectivity index (χ4n) is 2.65. The summed E-state index contributed by atoms with van der Waals surface area (Å²) in [4.78, 5) is 14.6. The molecule has 2 heterocycles. The van der Waals surface area contributed by atoms with Gasteiger partial charge < -0.3 is 9.84 Å². The predicted octanol–water partition coefficient (Wildman–Crippen LogP) is 2.58. The van der Waals surface area contributed by atoms with Crippen molar-refractivity contribution in [3.63, 3.8) is 0 Å². The molecule has 1 amide bonds. The highest BCUT2D eigenvalue weighted by molar-refractivity contribution is 5.93. The third kappa shape index (κ3) is 3.80. The number of hydrogen-bond donors (Lipinski definition) is 1. The smallest absolute Gasteiger partial charge is 0.242 e. The zero-order valence-corrected chi connectivity index (χ0v) is 11.8. The molecule has 1 aliphatic heterocycles. The van der Waals surface area contributed by atoms with Crippen molar-refractivity contribution in [1.29, 1.82) is 0 Å². The van der Waals surface area contributed by atoms with E-state index in [1.165, 1.54) is 25.7 Å². The van der Waals surface area contributed by atoms with Gasteiger partial charge in [-0.1, -0.05) is 24.9 Å². The Morgan fingerprint density at radius 3 is 2.63 bits per heavy atom. The number of nitrogens with zero attached hydrogens (tertiary/aromatic N) is 2. The van der Waals surface area contributed by atoms with Crippen LogP contribution in [0.25, 0.3) is 0 Å². The summed E-state index contributed by atoms with van der Waals surface area (Å²) in [7, 11) is 0. The van der Waals surface area contributed by atoms with Crippen LogP contribution in [0.4, 0.5) is 5.82 Å². The minimum absolute atomic E-state index is 0.0256. The van der Waals surface area contributed by atoms with Crippen LogP contribution in [0.1, 0.15) is 44.8 Å². The van der Waals surface area contributed by atoms with E-state index in [0.29, 0.717) is 11.6 Å². The van der Waals surface area contributed by atoms with E-state index in [9.17, 15) is 4.79 Å². The summed E-state index contributed by atoms with van der Waals surface area (Å²) >= 11 is 0. The molecule has 0 unspecified atom stereocenters. The van der Waals surface area contributed by atoms with E-state index in [1.807, 2.05) is 6.92 Å². The molecular formula is C14H23N3O2. The molecule has 0 bridgehead atoms. The van der Waals surface area contributed by atoms with Gasteiger partial charge in [0.25, 0.3) is 0 Å². The van der Waals surface area contributed by atoms with E-state index in [4.69, 9.17) is 4.52 Å². The standard InChI is InChI=1S/C14H23N3O2/c1-3-12(17-8-6-4-5-7-9-17)14(18)15-13-10-11(2)19-16-13/h10,12H,3-9H2,1-2H3,(H,15,16,18)/t12-/m1/s1. The number of anilines is 1. The summed E-state index contributed by atoms with van der Waals surface area (Å²) in [6, 6.07) is 1.68. The minimum Gasteiger partial charge on any atom is -0.360 e. The van der Waals surface area contributed by atoms with Gasteiger partial charge in [-0.25, -0.2) is 0 Å². The van der Waals surface area contributed by atoms with Gasteiger partial charge in [0, 0.05) is 6.07 Å². The molecule has 2 rings (SSSR count). The van der Waals surface area contributed by atoms with E-state index in [0.717, 1.165) is 19.5 Å². The third-order valence-corrected chi connectivity index (χ3v) is 3.65. The Morgan fingerprint density at radius 1 is 1.42 bits per heavy atom. The molecule has 1 aromatic heterocycles. The zero-order chi connectivity index (χ0) is 13.7. The molecule has 1 atom stereocenters. The molecule has 19 heavy (non-hydrogen) atoms. The number of nitrogens with one attached hydrogen (secondary N) is 1. The van der Waals surface area contributed by atoms with E-state index >= 15 is 0 Å². The Hall–Kier alpha value is -1.36. The number of carbonyl (C=O) groups excluding carboxylic acids is 1. The Balaban J connectivity index is 1.97. The van der Waals surface area contributed by atoms with Crippen molar-refractivity contribution < 1.29 is 9.32 Å². The Kier molecular flexibility index (Phi) is 4.96. The number of amides is 1. The van der Waals surface area contributed by atoms with Gasteiger partial charge in [0.15, 0.2) is 5.82 Å². The normalized spacial score (nSPS) is 18.8. The Labute approximate surface area is 114 Å². The summed E-state index contributed by atoms with van der Waals surface area (Å²) in [5, 5.41) is 6.66. The predicted molar refractivity (Wildman–Crippen MR) is 74.0 cm³/mol. The van der Waals surface area contributed by atoms with Crippen molar-refractivity contribution in [2.75, 3.05) is 18.4 Å².